The Labute approximate surface area is 182 Å². The van der Waals surface area contributed by atoms with Crippen molar-refractivity contribution in [2.75, 3.05) is 18.4 Å². The van der Waals surface area contributed by atoms with Crippen LogP contribution in [0.1, 0.15) is 12.8 Å². The van der Waals surface area contributed by atoms with Gasteiger partial charge in [0.15, 0.2) is 5.13 Å². The Hall–Kier alpha value is -2.69. The first kappa shape index (κ1) is 21.5. The summed E-state index contributed by atoms with van der Waals surface area (Å²) >= 11 is 1.09. The van der Waals surface area contributed by atoms with Crippen LogP contribution in [0, 0.1) is 17.6 Å². The van der Waals surface area contributed by atoms with Gasteiger partial charge < -0.3 is 5.32 Å². The Morgan fingerprint density at radius 2 is 1.94 bits per heavy atom. The zero-order chi connectivity index (χ0) is 22.0. The zero-order valence-corrected chi connectivity index (χ0v) is 17.9. The summed E-state index contributed by atoms with van der Waals surface area (Å²) < 4.78 is 54.4. The topological polar surface area (TPSA) is 79.4 Å². The minimum atomic E-state index is -3.68. The Balaban J connectivity index is 1.46. The lowest BCUT2D eigenvalue weighted by molar-refractivity contribution is -0.120. The lowest BCUT2D eigenvalue weighted by atomic mass is 9.99. The van der Waals surface area contributed by atoms with Crippen LogP contribution in [0.3, 0.4) is 0 Å². The Bertz CT molecular complexity index is 1200. The average molecular weight is 464 g/mol. The number of rotatable bonds is 5. The Morgan fingerprint density at radius 1 is 1.16 bits per heavy atom. The molecule has 2 aromatic carbocycles. The number of thiazole rings is 1. The van der Waals surface area contributed by atoms with Crippen molar-refractivity contribution in [3.63, 3.8) is 0 Å². The van der Waals surface area contributed by atoms with E-state index < -0.39 is 27.6 Å². The number of halogens is 2. The maximum atomic E-state index is 14.0. The minimum Gasteiger partial charge on any atom is -0.302 e. The smallest absolute Gasteiger partial charge is 0.243 e. The van der Waals surface area contributed by atoms with Gasteiger partial charge in [-0.15, -0.1) is 11.3 Å². The van der Waals surface area contributed by atoms with E-state index in [0.717, 1.165) is 29.5 Å². The maximum Gasteiger partial charge on any atom is 0.243 e. The fourth-order valence-electron chi connectivity index (χ4n) is 3.47. The van der Waals surface area contributed by atoms with E-state index in [0.29, 0.717) is 19.4 Å². The summed E-state index contributed by atoms with van der Waals surface area (Å²) in [6.45, 7) is 0.418. The largest absolute Gasteiger partial charge is 0.302 e. The van der Waals surface area contributed by atoms with Gasteiger partial charge in [0, 0.05) is 24.0 Å². The van der Waals surface area contributed by atoms with Gasteiger partial charge >= 0.3 is 0 Å². The monoisotopic (exact) mass is 463 g/mol. The average Bonchev–Trinajstić information content (AvgIpc) is 3.24. The quantitative estimate of drug-likeness (QED) is 0.617. The highest BCUT2D eigenvalue weighted by molar-refractivity contribution is 7.89. The van der Waals surface area contributed by atoms with Crippen molar-refractivity contribution in [2.24, 2.45) is 5.92 Å². The van der Waals surface area contributed by atoms with E-state index in [2.05, 4.69) is 10.3 Å². The molecule has 0 spiro atoms. The summed E-state index contributed by atoms with van der Waals surface area (Å²) in [4.78, 5) is 17.1. The van der Waals surface area contributed by atoms with Crippen LogP contribution < -0.4 is 5.32 Å². The second-order valence-corrected chi connectivity index (χ2v) is 9.96. The number of nitrogens with zero attached hydrogens (tertiary/aromatic N) is 2. The molecule has 162 valence electrons. The summed E-state index contributed by atoms with van der Waals surface area (Å²) in [5.74, 6) is -2.09. The maximum absolute atomic E-state index is 14.0. The van der Waals surface area contributed by atoms with Gasteiger partial charge in [-0.2, -0.15) is 4.31 Å². The molecule has 10 heteroatoms. The van der Waals surface area contributed by atoms with E-state index >= 15 is 0 Å². The number of anilines is 1. The molecule has 1 N–H and O–H groups in total. The molecule has 4 rings (SSSR count). The number of hydrogen-bond donors (Lipinski definition) is 1. The standard InChI is InChI=1S/C21H19F2N3O3S2/c22-15-8-9-18(23)17(11-15)19-13-30-21(24-19)25-20(27)14-5-4-10-26(12-14)31(28,29)16-6-2-1-3-7-16/h1-3,6-9,11,13-14H,4-5,10,12H2,(H,24,25,27). The van der Waals surface area contributed by atoms with Gasteiger partial charge in [0.2, 0.25) is 15.9 Å². The SMILES string of the molecule is O=C(Nc1nc(-c2cc(F)ccc2F)cs1)C1CCCN(S(=O)(=O)c2ccccc2)C1. The van der Waals surface area contributed by atoms with Gasteiger partial charge in [-0.25, -0.2) is 22.2 Å². The number of carbonyl (C=O) groups is 1. The number of nitrogens with one attached hydrogen (secondary N) is 1. The van der Waals surface area contributed by atoms with Crippen molar-refractivity contribution < 1.29 is 22.0 Å². The number of hydrogen-bond acceptors (Lipinski definition) is 5. The van der Waals surface area contributed by atoms with Gasteiger partial charge in [0.25, 0.3) is 0 Å². The van der Waals surface area contributed by atoms with Crippen molar-refractivity contribution in [2.45, 2.75) is 17.7 Å². The highest BCUT2D eigenvalue weighted by Gasteiger charge is 2.33. The molecular weight excluding hydrogens is 444 g/mol. The van der Waals surface area contributed by atoms with Gasteiger partial charge in [-0.1, -0.05) is 18.2 Å². The Kier molecular flexibility index (Phi) is 6.12. The lowest BCUT2D eigenvalue weighted by Gasteiger charge is -2.31. The van der Waals surface area contributed by atoms with Crippen LogP contribution in [-0.2, 0) is 14.8 Å². The predicted molar refractivity (Wildman–Crippen MR) is 114 cm³/mol. The Morgan fingerprint density at radius 3 is 2.71 bits per heavy atom. The third-order valence-corrected chi connectivity index (χ3v) is 7.71. The molecule has 31 heavy (non-hydrogen) atoms. The van der Waals surface area contributed by atoms with Crippen LogP contribution in [0.2, 0.25) is 0 Å². The first-order valence-corrected chi connectivity index (χ1v) is 11.9. The molecule has 1 amide bonds. The molecule has 6 nitrogen and oxygen atoms in total. The summed E-state index contributed by atoms with van der Waals surface area (Å²) in [5.41, 5.74) is 0.226. The van der Waals surface area contributed by atoms with Gasteiger partial charge in [-0.05, 0) is 43.2 Å². The van der Waals surface area contributed by atoms with E-state index in [9.17, 15) is 22.0 Å². The number of amides is 1. The van der Waals surface area contributed by atoms with E-state index in [1.807, 2.05) is 0 Å². The van der Waals surface area contributed by atoms with Crippen molar-refractivity contribution >= 4 is 32.4 Å². The molecule has 0 radical (unpaired) electrons. The van der Waals surface area contributed by atoms with Crippen molar-refractivity contribution in [1.82, 2.24) is 9.29 Å². The van der Waals surface area contributed by atoms with Crippen LogP contribution in [-0.4, -0.2) is 36.7 Å². The van der Waals surface area contributed by atoms with Gasteiger partial charge in [0.05, 0.1) is 16.5 Å². The first-order valence-electron chi connectivity index (χ1n) is 9.61. The molecular formula is C21H19F2N3O3S2. The first-order chi connectivity index (χ1) is 14.8. The molecule has 3 aromatic rings. The van der Waals surface area contributed by atoms with Crippen LogP contribution in [0.25, 0.3) is 11.3 Å². The molecule has 1 atom stereocenters. The number of sulfonamides is 1. The molecule has 1 saturated heterocycles. The fourth-order valence-corrected chi connectivity index (χ4v) is 5.73. The molecule has 0 saturated carbocycles. The number of aromatic nitrogens is 1. The highest BCUT2D eigenvalue weighted by Crippen LogP contribution is 2.29. The molecule has 1 fully saturated rings. The number of carbonyl (C=O) groups excluding carboxylic acids is 1. The summed E-state index contributed by atoms with van der Waals surface area (Å²) in [6.07, 6.45) is 1.10. The normalized spacial score (nSPS) is 17.4. The molecule has 0 bridgehead atoms. The van der Waals surface area contributed by atoms with Crippen molar-refractivity contribution in [3.8, 4) is 11.3 Å². The van der Waals surface area contributed by atoms with Gasteiger partial charge in [0.1, 0.15) is 11.6 Å². The number of piperidine rings is 1. The minimum absolute atomic E-state index is 0.00884. The molecule has 1 aliphatic heterocycles. The van der Waals surface area contributed by atoms with Crippen molar-refractivity contribution in [3.05, 3.63) is 65.5 Å². The summed E-state index contributed by atoms with van der Waals surface area (Å²) in [5, 5.41) is 4.45. The third-order valence-electron chi connectivity index (χ3n) is 5.07. The van der Waals surface area contributed by atoms with Crippen LogP contribution >= 0.6 is 11.3 Å². The van der Waals surface area contributed by atoms with E-state index in [1.165, 1.54) is 21.8 Å². The van der Waals surface area contributed by atoms with Crippen molar-refractivity contribution in [1.29, 1.82) is 0 Å². The molecule has 1 aromatic heterocycles. The van der Waals surface area contributed by atoms with E-state index in [1.54, 1.807) is 18.2 Å². The highest BCUT2D eigenvalue weighted by atomic mass is 32.2. The summed E-state index contributed by atoms with van der Waals surface area (Å²) in [6, 6.07) is 11.2. The molecule has 0 aliphatic carbocycles. The number of benzene rings is 2. The van der Waals surface area contributed by atoms with E-state index in [-0.39, 0.29) is 33.7 Å². The fraction of sp³-hybridized carbons (Fsp3) is 0.238. The van der Waals surface area contributed by atoms with Gasteiger partial charge in [-0.3, -0.25) is 4.79 Å². The van der Waals surface area contributed by atoms with Crippen LogP contribution in [0.4, 0.5) is 13.9 Å². The van der Waals surface area contributed by atoms with Crippen LogP contribution in [0.5, 0.6) is 0 Å². The molecule has 1 aliphatic rings. The van der Waals surface area contributed by atoms with Crippen LogP contribution in [0.15, 0.2) is 58.8 Å². The molecule has 1 unspecified atom stereocenters. The summed E-state index contributed by atoms with van der Waals surface area (Å²) in [7, 11) is -3.68. The lowest BCUT2D eigenvalue weighted by Crippen LogP contribution is -2.43. The second-order valence-electron chi connectivity index (χ2n) is 7.17. The zero-order valence-electron chi connectivity index (χ0n) is 16.3. The third kappa shape index (κ3) is 4.65. The second kappa shape index (κ2) is 8.81. The predicted octanol–water partition coefficient (Wildman–Crippen LogP) is 4.13. The van der Waals surface area contributed by atoms with E-state index in [4.69, 9.17) is 0 Å². The molecule has 2 heterocycles.